The summed E-state index contributed by atoms with van der Waals surface area (Å²) < 4.78 is 5.87. The molecule has 0 N–H and O–H groups in total. The highest BCUT2D eigenvalue weighted by molar-refractivity contribution is 5.91. The summed E-state index contributed by atoms with van der Waals surface area (Å²) in [5.74, 6) is 0.684. The van der Waals surface area contributed by atoms with Crippen molar-refractivity contribution in [2.75, 3.05) is 32.8 Å². The summed E-state index contributed by atoms with van der Waals surface area (Å²) in [6, 6.07) is 19.6. The Kier molecular flexibility index (Phi) is 7.23. The zero-order valence-corrected chi connectivity index (χ0v) is 19.6. The van der Waals surface area contributed by atoms with Crippen LogP contribution in [0, 0.1) is 5.92 Å². The molecule has 1 amide bonds. The van der Waals surface area contributed by atoms with Crippen molar-refractivity contribution in [2.24, 2.45) is 5.92 Å². The van der Waals surface area contributed by atoms with Crippen LogP contribution in [0.25, 0.3) is 6.08 Å². The van der Waals surface area contributed by atoms with Crippen LogP contribution in [0.15, 0.2) is 60.7 Å². The fourth-order valence-corrected chi connectivity index (χ4v) is 5.73. The lowest BCUT2D eigenvalue weighted by atomic mass is 9.94. The fraction of sp³-hybridized carbons (Fsp3) is 0.483. The molecule has 2 aromatic rings. The maximum atomic E-state index is 13.2. The molecule has 1 atom stereocenters. The first-order valence-corrected chi connectivity index (χ1v) is 12.7. The molecule has 2 fully saturated rings. The Labute approximate surface area is 198 Å². The van der Waals surface area contributed by atoms with Gasteiger partial charge in [0, 0.05) is 31.8 Å². The Hall–Kier alpha value is -2.43. The molecular formula is C29H36N2O2. The highest BCUT2D eigenvalue weighted by Crippen LogP contribution is 2.29. The van der Waals surface area contributed by atoms with E-state index in [-0.39, 0.29) is 12.0 Å². The molecule has 0 aromatic heterocycles. The first-order valence-electron chi connectivity index (χ1n) is 12.7. The molecule has 0 bridgehead atoms. The Balaban J connectivity index is 1.17. The molecule has 2 heterocycles. The van der Waals surface area contributed by atoms with Gasteiger partial charge in [-0.1, -0.05) is 54.6 Å². The molecule has 2 aromatic carbocycles. The van der Waals surface area contributed by atoms with Crippen molar-refractivity contribution in [3.63, 3.8) is 0 Å². The lowest BCUT2D eigenvalue weighted by Crippen LogP contribution is -2.46. The molecule has 0 radical (unpaired) electrons. The van der Waals surface area contributed by atoms with Crippen molar-refractivity contribution in [3.05, 3.63) is 77.4 Å². The third-order valence-corrected chi connectivity index (χ3v) is 7.65. The van der Waals surface area contributed by atoms with Gasteiger partial charge in [-0.15, -0.1) is 0 Å². The number of benzene rings is 2. The molecule has 4 nitrogen and oxygen atoms in total. The molecular weight excluding hydrogens is 408 g/mol. The molecule has 5 rings (SSSR count). The zero-order chi connectivity index (χ0) is 22.5. The second-order valence-corrected chi connectivity index (χ2v) is 9.93. The summed E-state index contributed by atoms with van der Waals surface area (Å²) in [6.07, 6.45) is 10.8. The van der Waals surface area contributed by atoms with Crippen LogP contribution in [0.1, 0.15) is 42.4 Å². The Bertz CT molecular complexity index is 918. The number of likely N-dealkylation sites (tertiary alicyclic amines) is 1. The van der Waals surface area contributed by atoms with E-state index in [9.17, 15) is 4.79 Å². The van der Waals surface area contributed by atoms with Gasteiger partial charge >= 0.3 is 0 Å². The first kappa shape index (κ1) is 22.4. The van der Waals surface area contributed by atoms with E-state index in [2.05, 4.69) is 34.1 Å². The van der Waals surface area contributed by atoms with E-state index in [0.717, 1.165) is 51.2 Å². The topological polar surface area (TPSA) is 32.8 Å². The highest BCUT2D eigenvalue weighted by atomic mass is 16.5. The number of hydrogen-bond donors (Lipinski definition) is 0. The van der Waals surface area contributed by atoms with Gasteiger partial charge in [-0.25, -0.2) is 0 Å². The van der Waals surface area contributed by atoms with Crippen molar-refractivity contribution < 1.29 is 9.53 Å². The standard InChI is InChI=1S/C29H36N2O2/c32-29(13-12-23-7-2-1-3-8-23)31(22-28-11-6-18-33-28)21-24-14-16-30(17-15-24)27-19-25-9-4-5-10-26(25)20-27/h1-5,7-10,12-13,24,27-28H,6,11,14-22H2. The maximum absolute atomic E-state index is 13.2. The van der Waals surface area contributed by atoms with Gasteiger partial charge in [0.1, 0.15) is 0 Å². The van der Waals surface area contributed by atoms with Crippen LogP contribution in [-0.4, -0.2) is 60.6 Å². The van der Waals surface area contributed by atoms with Crippen molar-refractivity contribution in [3.8, 4) is 0 Å². The maximum Gasteiger partial charge on any atom is 0.246 e. The number of nitrogens with zero attached hydrogens (tertiary/aromatic N) is 2. The predicted octanol–water partition coefficient (Wildman–Crippen LogP) is 4.59. The number of carbonyl (C=O) groups is 1. The van der Waals surface area contributed by atoms with Gasteiger partial charge in [-0.05, 0) is 80.3 Å². The molecule has 1 unspecified atom stereocenters. The number of rotatable bonds is 7. The van der Waals surface area contributed by atoms with Crippen molar-refractivity contribution in [1.29, 1.82) is 0 Å². The third-order valence-electron chi connectivity index (χ3n) is 7.65. The van der Waals surface area contributed by atoms with E-state index >= 15 is 0 Å². The van der Waals surface area contributed by atoms with Gasteiger partial charge in [-0.2, -0.15) is 0 Å². The van der Waals surface area contributed by atoms with Gasteiger partial charge in [0.05, 0.1) is 6.10 Å². The third kappa shape index (κ3) is 5.74. The summed E-state index contributed by atoms with van der Waals surface area (Å²) in [7, 11) is 0. The van der Waals surface area contributed by atoms with Crippen LogP contribution < -0.4 is 0 Å². The number of hydrogen-bond acceptors (Lipinski definition) is 3. The Morgan fingerprint density at radius 3 is 2.30 bits per heavy atom. The Morgan fingerprint density at radius 2 is 1.64 bits per heavy atom. The van der Waals surface area contributed by atoms with Gasteiger partial charge in [0.2, 0.25) is 5.91 Å². The number of fused-ring (bicyclic) bond motifs is 1. The van der Waals surface area contributed by atoms with Crippen LogP contribution in [-0.2, 0) is 22.4 Å². The minimum Gasteiger partial charge on any atom is -0.376 e. The summed E-state index contributed by atoms with van der Waals surface area (Å²) in [4.78, 5) is 17.9. The summed E-state index contributed by atoms with van der Waals surface area (Å²) in [6.45, 7) is 4.68. The van der Waals surface area contributed by atoms with Gasteiger partial charge < -0.3 is 9.64 Å². The summed E-state index contributed by atoms with van der Waals surface area (Å²) in [5.41, 5.74) is 4.13. The average Bonchev–Trinajstić information content (AvgIpc) is 3.53. The molecule has 2 aliphatic heterocycles. The molecule has 3 aliphatic rings. The molecule has 2 saturated heterocycles. The van der Waals surface area contributed by atoms with Crippen LogP contribution in [0.4, 0.5) is 0 Å². The second-order valence-electron chi connectivity index (χ2n) is 9.93. The quantitative estimate of drug-likeness (QED) is 0.586. The Morgan fingerprint density at radius 1 is 0.939 bits per heavy atom. The molecule has 0 spiro atoms. The van der Waals surface area contributed by atoms with Crippen molar-refractivity contribution in [2.45, 2.75) is 50.7 Å². The lowest BCUT2D eigenvalue weighted by molar-refractivity contribution is -0.128. The van der Waals surface area contributed by atoms with E-state index in [4.69, 9.17) is 4.74 Å². The van der Waals surface area contributed by atoms with E-state index < -0.39 is 0 Å². The van der Waals surface area contributed by atoms with E-state index in [1.807, 2.05) is 36.4 Å². The van der Waals surface area contributed by atoms with E-state index in [0.29, 0.717) is 12.0 Å². The number of ether oxygens (including phenoxy) is 1. The summed E-state index contributed by atoms with van der Waals surface area (Å²) >= 11 is 0. The van der Waals surface area contributed by atoms with Crippen LogP contribution in [0.5, 0.6) is 0 Å². The van der Waals surface area contributed by atoms with Gasteiger partial charge in [-0.3, -0.25) is 9.69 Å². The monoisotopic (exact) mass is 444 g/mol. The number of piperidine rings is 1. The average molecular weight is 445 g/mol. The fourth-order valence-electron chi connectivity index (χ4n) is 5.73. The SMILES string of the molecule is O=C(C=Cc1ccccc1)N(CC1CCN(C2Cc3ccccc3C2)CC1)CC1CCCO1. The smallest absolute Gasteiger partial charge is 0.246 e. The number of amides is 1. The second kappa shape index (κ2) is 10.7. The minimum atomic E-state index is 0.114. The van der Waals surface area contributed by atoms with Crippen LogP contribution >= 0.6 is 0 Å². The van der Waals surface area contributed by atoms with Gasteiger partial charge in [0.25, 0.3) is 0 Å². The number of carbonyl (C=O) groups excluding carboxylic acids is 1. The molecule has 4 heteroatoms. The summed E-state index contributed by atoms with van der Waals surface area (Å²) in [5, 5.41) is 0. The minimum absolute atomic E-state index is 0.114. The lowest BCUT2D eigenvalue weighted by Gasteiger charge is -2.38. The zero-order valence-electron chi connectivity index (χ0n) is 19.6. The molecule has 0 saturated carbocycles. The molecule has 33 heavy (non-hydrogen) atoms. The van der Waals surface area contributed by atoms with Crippen LogP contribution in [0.3, 0.4) is 0 Å². The first-order chi connectivity index (χ1) is 16.2. The van der Waals surface area contributed by atoms with Crippen molar-refractivity contribution in [1.82, 2.24) is 9.80 Å². The van der Waals surface area contributed by atoms with E-state index in [1.54, 1.807) is 6.08 Å². The van der Waals surface area contributed by atoms with Gasteiger partial charge in [0.15, 0.2) is 0 Å². The van der Waals surface area contributed by atoms with Crippen LogP contribution in [0.2, 0.25) is 0 Å². The predicted molar refractivity (Wildman–Crippen MR) is 133 cm³/mol. The van der Waals surface area contributed by atoms with E-state index in [1.165, 1.54) is 36.8 Å². The van der Waals surface area contributed by atoms with Crippen molar-refractivity contribution >= 4 is 12.0 Å². The normalized spacial score (nSPS) is 22.1. The largest absolute Gasteiger partial charge is 0.376 e. The highest BCUT2D eigenvalue weighted by Gasteiger charge is 2.31. The molecule has 174 valence electrons. The molecule has 1 aliphatic carbocycles.